The van der Waals surface area contributed by atoms with Crippen molar-refractivity contribution >= 4 is 0 Å². The average Bonchev–Trinajstić information content (AvgIpc) is 3.60. The van der Waals surface area contributed by atoms with E-state index in [0.29, 0.717) is 25.7 Å². The van der Waals surface area contributed by atoms with E-state index in [1.165, 1.54) is 7.11 Å². The van der Waals surface area contributed by atoms with Gasteiger partial charge in [0.25, 0.3) is 0 Å². The molecule has 6 aliphatic rings. The van der Waals surface area contributed by atoms with Gasteiger partial charge < -0.3 is 74.7 Å². The summed E-state index contributed by atoms with van der Waals surface area (Å²) < 4.78 is 28.9. The Morgan fingerprint density at radius 1 is 0.818 bits per heavy atom. The van der Waals surface area contributed by atoms with Crippen LogP contribution in [0, 0.1) is 52.3 Å². The molecule has 10 N–H and O–H groups in total. The van der Waals surface area contributed by atoms with E-state index in [0.717, 1.165) is 6.42 Å². The van der Waals surface area contributed by atoms with Gasteiger partial charge in [0.2, 0.25) is 0 Å². The van der Waals surface area contributed by atoms with Crippen LogP contribution in [0.1, 0.15) is 73.1 Å². The topological polar surface area (TPSA) is 248 Å². The molecule has 0 aromatic heterocycles. The lowest BCUT2D eigenvalue weighted by Gasteiger charge is -2.66. The Morgan fingerprint density at radius 2 is 1.51 bits per heavy atom. The van der Waals surface area contributed by atoms with Gasteiger partial charge in [0.05, 0.1) is 49.8 Å². The number of rotatable bonds is 12. The number of ether oxygens (including phenoxy) is 5. The molecule has 2 heterocycles. The lowest BCUT2D eigenvalue weighted by molar-refractivity contribution is -0.308. The number of allylic oxidation sites excluding steroid dienone is 2. The summed E-state index contributed by atoms with van der Waals surface area (Å²) in [6.07, 6.45) is -7.55. The molecule has 0 aromatic rings. The molecule has 6 fully saturated rings. The predicted octanol–water partition coefficient (Wildman–Crippen LogP) is -0.568. The predicted molar refractivity (Wildman–Crippen MR) is 195 cm³/mol. The molecule has 55 heavy (non-hydrogen) atoms. The van der Waals surface area contributed by atoms with E-state index >= 15 is 0 Å². The van der Waals surface area contributed by atoms with Crippen molar-refractivity contribution in [3.05, 3.63) is 12.2 Å². The maximum atomic E-state index is 12.6. The summed E-state index contributed by atoms with van der Waals surface area (Å²) in [6.45, 7) is 9.66. The van der Waals surface area contributed by atoms with Crippen LogP contribution in [-0.4, -0.2) is 163 Å². The van der Waals surface area contributed by atoms with E-state index < -0.39 is 115 Å². The van der Waals surface area contributed by atoms with Crippen molar-refractivity contribution in [3.63, 3.8) is 0 Å². The molecule has 23 atom stereocenters. The summed E-state index contributed by atoms with van der Waals surface area (Å²) in [4.78, 5) is 0. The zero-order chi connectivity index (χ0) is 40.4. The van der Waals surface area contributed by atoms with Gasteiger partial charge in [-0.25, -0.2) is 0 Å². The largest absolute Gasteiger partial charge is 0.394 e. The van der Waals surface area contributed by atoms with Gasteiger partial charge in [-0.2, -0.15) is 0 Å². The Balaban J connectivity index is 1.10. The van der Waals surface area contributed by atoms with Crippen LogP contribution in [0.25, 0.3) is 0 Å². The van der Waals surface area contributed by atoms with E-state index in [9.17, 15) is 51.1 Å². The third kappa shape index (κ3) is 7.61. The van der Waals surface area contributed by atoms with Crippen molar-refractivity contribution in [3.8, 4) is 0 Å². The van der Waals surface area contributed by atoms with Crippen LogP contribution >= 0.6 is 0 Å². The monoisotopic (exact) mass is 788 g/mol. The van der Waals surface area contributed by atoms with Crippen LogP contribution in [-0.2, 0) is 23.7 Å². The smallest absolute Gasteiger partial charge is 0.187 e. The first kappa shape index (κ1) is 43.7. The van der Waals surface area contributed by atoms with Crippen molar-refractivity contribution < 1.29 is 74.7 Å². The standard InChI is InChI=1S/C40H68O15/c1-18(20(3)16-52-37-34(31(49)32(54-37)25(45)15-41)55-36-33(51-6)30(48)26(46)17-53-36)7-8-19(2)21-13-23(43)35-38(21,4)12-10-27-39(5)11-9-22(42)29(47)28(39)24(44)14-40(27,35)50/h7-8,18-37,41-50H,9-17H2,1-6H3/b8-7+/t18?,19-,20?,21-,22+,23-,24+,25-,26-,27-,28+,29+,30+,31+,32+,33-,34-,35-,36+,37-,38-,39-,40+/m1/s1. The maximum absolute atomic E-state index is 12.6. The molecule has 2 aliphatic heterocycles. The third-order valence-corrected chi connectivity index (χ3v) is 15.4. The van der Waals surface area contributed by atoms with Gasteiger partial charge in [-0.15, -0.1) is 0 Å². The molecular formula is C40H68O15. The number of hydrogen-bond donors (Lipinski definition) is 10. The molecular weight excluding hydrogens is 720 g/mol. The number of methoxy groups -OCH3 is 1. The Morgan fingerprint density at radius 3 is 2.18 bits per heavy atom. The van der Waals surface area contributed by atoms with Crippen molar-refractivity contribution in [2.24, 2.45) is 52.3 Å². The van der Waals surface area contributed by atoms with E-state index in [2.05, 4.69) is 32.9 Å². The quantitative estimate of drug-likeness (QED) is 0.111. The molecule has 2 unspecified atom stereocenters. The molecule has 0 spiro atoms. The Kier molecular flexibility index (Phi) is 13.2. The Hall–Kier alpha value is -0.860. The fraction of sp³-hybridized carbons (Fsp3) is 0.950. The molecule has 15 nitrogen and oxygen atoms in total. The van der Waals surface area contributed by atoms with E-state index in [1.54, 1.807) is 0 Å². The Bertz CT molecular complexity index is 1320. The first-order valence-corrected chi connectivity index (χ1v) is 20.4. The molecule has 4 aliphatic carbocycles. The Labute approximate surface area is 324 Å². The van der Waals surface area contributed by atoms with Crippen molar-refractivity contribution in [2.45, 2.75) is 158 Å². The number of aliphatic hydroxyl groups is 10. The van der Waals surface area contributed by atoms with E-state index in [1.807, 2.05) is 13.8 Å². The number of fused-ring (bicyclic) bond motifs is 5. The highest BCUT2D eigenvalue weighted by Crippen LogP contribution is 2.69. The minimum absolute atomic E-state index is 0.0106. The molecule has 2 saturated heterocycles. The second-order valence-corrected chi connectivity index (χ2v) is 18.6. The zero-order valence-corrected chi connectivity index (χ0v) is 33.1. The van der Waals surface area contributed by atoms with E-state index in [4.69, 9.17) is 23.7 Å². The lowest BCUT2D eigenvalue weighted by atomic mass is 9.41. The number of aliphatic hydroxyl groups excluding tert-OH is 9. The summed E-state index contributed by atoms with van der Waals surface area (Å²) in [6, 6.07) is 0. The van der Waals surface area contributed by atoms with Gasteiger partial charge >= 0.3 is 0 Å². The van der Waals surface area contributed by atoms with Gasteiger partial charge in [0.1, 0.15) is 42.7 Å². The van der Waals surface area contributed by atoms with Gasteiger partial charge in [-0.1, -0.05) is 46.8 Å². The van der Waals surface area contributed by atoms with Crippen molar-refractivity contribution in [2.75, 3.05) is 26.9 Å². The highest BCUT2D eigenvalue weighted by molar-refractivity contribution is 5.21. The summed E-state index contributed by atoms with van der Waals surface area (Å²) in [7, 11) is 1.32. The molecule has 0 aromatic carbocycles. The van der Waals surface area contributed by atoms with Crippen molar-refractivity contribution in [1.29, 1.82) is 0 Å². The molecule has 4 saturated carbocycles. The molecule has 6 rings (SSSR count). The van der Waals surface area contributed by atoms with Crippen LogP contribution in [0.5, 0.6) is 0 Å². The van der Waals surface area contributed by atoms with Crippen LogP contribution in [0.15, 0.2) is 12.2 Å². The first-order valence-electron chi connectivity index (χ1n) is 20.4. The highest BCUT2D eigenvalue weighted by atomic mass is 16.8. The van der Waals surface area contributed by atoms with Crippen molar-refractivity contribution in [1.82, 2.24) is 0 Å². The summed E-state index contributed by atoms with van der Waals surface area (Å²) in [5, 5.41) is 109. The van der Waals surface area contributed by atoms with Crippen LogP contribution in [0.3, 0.4) is 0 Å². The third-order valence-electron chi connectivity index (χ3n) is 15.4. The number of hydrogen-bond acceptors (Lipinski definition) is 15. The fourth-order valence-corrected chi connectivity index (χ4v) is 12.2. The minimum atomic E-state index is -1.42. The zero-order valence-electron chi connectivity index (χ0n) is 33.1. The molecule has 15 heteroatoms. The molecule has 0 amide bonds. The van der Waals surface area contributed by atoms with Gasteiger partial charge in [0.15, 0.2) is 12.6 Å². The van der Waals surface area contributed by atoms with E-state index in [-0.39, 0.29) is 49.2 Å². The summed E-state index contributed by atoms with van der Waals surface area (Å²) in [5.74, 6) is -1.14. The van der Waals surface area contributed by atoms with Crippen LogP contribution in [0.4, 0.5) is 0 Å². The maximum Gasteiger partial charge on any atom is 0.187 e. The molecule has 0 bridgehead atoms. The normalized spacial score (nSPS) is 52.3. The SMILES string of the molecule is CO[C@H]1[C@H](O[C@H]2[C@H](OCC(C)C(C)/C=C/[C@@H](C)[C@H]3C[C@@H](O)[C@@H]4[C@]3(C)CC[C@@H]3[C@@]5(C)CC[C@H](O)[C@H](O)[C@@H]5[C@@H](O)C[C@]34O)O[C@@H]([C@H](O)CO)[C@@H]2O)OC[C@@H](O)[C@@H]1O. The minimum Gasteiger partial charge on any atom is -0.394 e. The highest BCUT2D eigenvalue weighted by Gasteiger charge is 2.71. The van der Waals surface area contributed by atoms with Gasteiger partial charge in [-0.3, -0.25) is 0 Å². The molecule has 318 valence electrons. The fourth-order valence-electron chi connectivity index (χ4n) is 12.2. The van der Waals surface area contributed by atoms with Gasteiger partial charge in [0, 0.05) is 25.4 Å². The lowest BCUT2D eigenvalue weighted by Crippen LogP contribution is -2.70. The first-order chi connectivity index (χ1) is 25.8. The van der Waals surface area contributed by atoms with Gasteiger partial charge in [-0.05, 0) is 72.5 Å². The average molecular weight is 789 g/mol. The molecule has 0 radical (unpaired) electrons. The van der Waals surface area contributed by atoms with Crippen LogP contribution < -0.4 is 0 Å². The second kappa shape index (κ2) is 16.7. The summed E-state index contributed by atoms with van der Waals surface area (Å²) in [5.41, 5.74) is -2.28. The van der Waals surface area contributed by atoms with Crippen LogP contribution in [0.2, 0.25) is 0 Å². The second-order valence-electron chi connectivity index (χ2n) is 18.6. The summed E-state index contributed by atoms with van der Waals surface area (Å²) >= 11 is 0.